The minimum Gasteiger partial charge on any atom is -0.388 e. The number of benzene rings is 2. The highest BCUT2D eigenvalue weighted by atomic mass is 15.0. The lowest BCUT2D eigenvalue weighted by Crippen LogP contribution is -1.98. The Morgan fingerprint density at radius 1 is 1.00 bits per heavy atom. The van der Waals surface area contributed by atoms with Crippen molar-refractivity contribution in [2.45, 2.75) is 6.54 Å². The first kappa shape index (κ1) is 10.9. The fourth-order valence-electron chi connectivity index (χ4n) is 2.26. The van der Waals surface area contributed by atoms with Crippen molar-refractivity contribution < 1.29 is 0 Å². The van der Waals surface area contributed by atoms with Crippen LogP contribution in [0.2, 0.25) is 0 Å². The molecule has 0 saturated heterocycles. The Labute approximate surface area is 107 Å². The summed E-state index contributed by atoms with van der Waals surface area (Å²) >= 11 is 0. The third-order valence-corrected chi connectivity index (χ3v) is 3.26. The van der Waals surface area contributed by atoms with Crippen molar-refractivity contribution in [3.8, 4) is 0 Å². The maximum atomic E-state index is 3.19. The van der Waals surface area contributed by atoms with E-state index < -0.39 is 0 Å². The van der Waals surface area contributed by atoms with E-state index in [0.29, 0.717) is 0 Å². The molecule has 0 spiro atoms. The van der Waals surface area contributed by atoms with Gasteiger partial charge in [-0.25, -0.2) is 0 Å². The molecule has 0 aliphatic carbocycles. The second-order valence-electron chi connectivity index (χ2n) is 4.45. The van der Waals surface area contributed by atoms with E-state index in [9.17, 15) is 0 Å². The molecule has 3 aromatic rings. The number of hydrogen-bond donors (Lipinski definition) is 1. The molecular formula is C16H16N2. The largest absolute Gasteiger partial charge is 0.388 e. The molecule has 0 atom stereocenters. The Morgan fingerprint density at radius 3 is 2.61 bits per heavy atom. The summed E-state index contributed by atoms with van der Waals surface area (Å²) in [4.78, 5) is 0. The minimum atomic E-state index is 0.914. The van der Waals surface area contributed by atoms with Crippen molar-refractivity contribution in [2.75, 3.05) is 12.4 Å². The molecule has 0 aliphatic rings. The van der Waals surface area contributed by atoms with Crippen LogP contribution in [0.15, 0.2) is 60.8 Å². The predicted octanol–water partition coefficient (Wildman–Crippen LogP) is 3.73. The van der Waals surface area contributed by atoms with Crippen LogP contribution in [-0.2, 0) is 6.54 Å². The molecule has 1 heterocycles. The van der Waals surface area contributed by atoms with Crippen molar-refractivity contribution in [1.82, 2.24) is 4.57 Å². The topological polar surface area (TPSA) is 17.0 Å². The van der Waals surface area contributed by atoms with E-state index in [1.54, 1.807) is 0 Å². The van der Waals surface area contributed by atoms with Gasteiger partial charge in [0.1, 0.15) is 0 Å². The Balaban J connectivity index is 2.01. The SMILES string of the molecule is CNc1ccc2ccn(Cc3ccccc3)c2c1. The van der Waals surface area contributed by atoms with Gasteiger partial charge in [0.15, 0.2) is 0 Å². The van der Waals surface area contributed by atoms with Gasteiger partial charge in [0.25, 0.3) is 0 Å². The molecule has 2 nitrogen and oxygen atoms in total. The number of fused-ring (bicyclic) bond motifs is 1. The Kier molecular flexibility index (Phi) is 2.77. The highest BCUT2D eigenvalue weighted by Gasteiger charge is 2.02. The Hall–Kier alpha value is -2.22. The van der Waals surface area contributed by atoms with Gasteiger partial charge in [-0.05, 0) is 29.1 Å². The molecule has 0 unspecified atom stereocenters. The summed E-state index contributed by atoms with van der Waals surface area (Å²) < 4.78 is 2.28. The molecule has 0 saturated carbocycles. The maximum Gasteiger partial charge on any atom is 0.0504 e. The number of rotatable bonds is 3. The molecule has 0 radical (unpaired) electrons. The van der Waals surface area contributed by atoms with Crippen LogP contribution in [0.1, 0.15) is 5.56 Å². The van der Waals surface area contributed by atoms with Crippen molar-refractivity contribution >= 4 is 16.6 Å². The summed E-state index contributed by atoms with van der Waals surface area (Å²) in [5.74, 6) is 0. The van der Waals surface area contributed by atoms with E-state index in [0.717, 1.165) is 12.2 Å². The summed E-state index contributed by atoms with van der Waals surface area (Å²) in [6, 6.07) is 19.2. The van der Waals surface area contributed by atoms with Crippen molar-refractivity contribution in [2.24, 2.45) is 0 Å². The number of nitrogens with one attached hydrogen (secondary N) is 1. The van der Waals surface area contributed by atoms with Crippen LogP contribution < -0.4 is 5.32 Å². The molecular weight excluding hydrogens is 220 g/mol. The van der Waals surface area contributed by atoms with Gasteiger partial charge < -0.3 is 9.88 Å². The van der Waals surface area contributed by atoms with E-state index in [4.69, 9.17) is 0 Å². The molecule has 0 bridgehead atoms. The first-order valence-electron chi connectivity index (χ1n) is 6.17. The Morgan fingerprint density at radius 2 is 1.83 bits per heavy atom. The maximum absolute atomic E-state index is 3.19. The van der Waals surface area contributed by atoms with Crippen LogP contribution in [0.5, 0.6) is 0 Å². The van der Waals surface area contributed by atoms with Crippen LogP contribution in [0.4, 0.5) is 5.69 Å². The van der Waals surface area contributed by atoms with Gasteiger partial charge in [-0.1, -0.05) is 36.4 Å². The lowest BCUT2D eigenvalue weighted by molar-refractivity contribution is 0.837. The summed E-state index contributed by atoms with van der Waals surface area (Å²) in [7, 11) is 1.95. The van der Waals surface area contributed by atoms with Gasteiger partial charge in [-0.15, -0.1) is 0 Å². The third-order valence-electron chi connectivity index (χ3n) is 3.26. The third kappa shape index (κ3) is 1.97. The summed E-state index contributed by atoms with van der Waals surface area (Å²) in [6.45, 7) is 0.914. The van der Waals surface area contributed by atoms with Crippen LogP contribution in [-0.4, -0.2) is 11.6 Å². The van der Waals surface area contributed by atoms with Gasteiger partial charge in [-0.3, -0.25) is 0 Å². The van der Waals surface area contributed by atoms with Crippen molar-refractivity contribution in [1.29, 1.82) is 0 Å². The molecule has 1 aromatic heterocycles. The van der Waals surface area contributed by atoms with Crippen LogP contribution in [0.3, 0.4) is 0 Å². The van der Waals surface area contributed by atoms with Gasteiger partial charge in [0.2, 0.25) is 0 Å². The lowest BCUT2D eigenvalue weighted by atomic mass is 10.2. The fourth-order valence-corrected chi connectivity index (χ4v) is 2.26. The molecule has 3 rings (SSSR count). The van der Waals surface area contributed by atoms with Crippen molar-refractivity contribution in [3.05, 3.63) is 66.4 Å². The fraction of sp³-hybridized carbons (Fsp3) is 0.125. The molecule has 90 valence electrons. The van der Waals surface area contributed by atoms with Gasteiger partial charge in [0, 0.05) is 25.5 Å². The van der Waals surface area contributed by atoms with E-state index in [1.165, 1.54) is 16.5 Å². The summed E-state index contributed by atoms with van der Waals surface area (Å²) in [5, 5.41) is 4.47. The summed E-state index contributed by atoms with van der Waals surface area (Å²) in [5.41, 5.74) is 3.74. The van der Waals surface area contributed by atoms with Gasteiger partial charge >= 0.3 is 0 Å². The molecule has 1 N–H and O–H groups in total. The standard InChI is InChI=1S/C16H16N2/c1-17-15-8-7-14-9-10-18(16(14)11-15)12-13-5-3-2-4-6-13/h2-11,17H,12H2,1H3. The molecule has 0 amide bonds. The quantitative estimate of drug-likeness (QED) is 0.733. The van der Waals surface area contributed by atoms with Crippen LogP contribution in [0.25, 0.3) is 10.9 Å². The zero-order valence-corrected chi connectivity index (χ0v) is 10.4. The predicted molar refractivity (Wildman–Crippen MR) is 77.0 cm³/mol. The van der Waals surface area contributed by atoms with Crippen LogP contribution >= 0.6 is 0 Å². The van der Waals surface area contributed by atoms with E-state index in [-0.39, 0.29) is 0 Å². The first-order chi connectivity index (χ1) is 8.86. The number of hydrogen-bond acceptors (Lipinski definition) is 1. The monoisotopic (exact) mass is 236 g/mol. The molecule has 0 aliphatic heterocycles. The highest BCUT2D eigenvalue weighted by Crippen LogP contribution is 2.21. The van der Waals surface area contributed by atoms with Crippen LogP contribution in [0, 0.1) is 0 Å². The minimum absolute atomic E-state index is 0.914. The highest BCUT2D eigenvalue weighted by molar-refractivity contribution is 5.83. The molecule has 0 fully saturated rings. The van der Waals surface area contributed by atoms with Crippen molar-refractivity contribution in [3.63, 3.8) is 0 Å². The number of nitrogens with zero attached hydrogens (tertiary/aromatic N) is 1. The Bertz CT molecular complexity index is 653. The average Bonchev–Trinajstić information content (AvgIpc) is 2.82. The van der Waals surface area contributed by atoms with E-state index in [2.05, 4.69) is 70.7 Å². The first-order valence-corrected chi connectivity index (χ1v) is 6.17. The lowest BCUT2D eigenvalue weighted by Gasteiger charge is -2.07. The molecule has 18 heavy (non-hydrogen) atoms. The summed E-state index contributed by atoms with van der Waals surface area (Å²) in [6.07, 6.45) is 2.15. The smallest absolute Gasteiger partial charge is 0.0504 e. The second kappa shape index (κ2) is 4.57. The second-order valence-corrected chi connectivity index (χ2v) is 4.45. The average molecular weight is 236 g/mol. The van der Waals surface area contributed by atoms with E-state index in [1.807, 2.05) is 7.05 Å². The van der Waals surface area contributed by atoms with Gasteiger partial charge in [-0.2, -0.15) is 0 Å². The molecule has 2 heteroatoms. The molecule has 2 aromatic carbocycles. The normalized spacial score (nSPS) is 10.7. The van der Waals surface area contributed by atoms with Gasteiger partial charge in [0.05, 0.1) is 5.52 Å². The van der Waals surface area contributed by atoms with E-state index >= 15 is 0 Å². The number of aromatic nitrogens is 1. The zero-order chi connectivity index (χ0) is 12.4. The number of anilines is 1. The zero-order valence-electron chi connectivity index (χ0n) is 10.4.